The first-order chi connectivity index (χ1) is 24.2. The molecule has 1 heterocycles. The Kier molecular flexibility index (Phi) is 11.1. The van der Waals surface area contributed by atoms with E-state index in [1.54, 1.807) is 49.5 Å². The SMILES string of the molecule is C=C(F)/C=C\C(=C)CN(C)C(=O)[C@@H](NC(=O)c1nc2ccc(NC(=O)c3cccc(C)c3-c3ccc(C(C)(C)C)cc3)cc2s1)c1ccccc1.[HH].[HH]. The Labute approximate surface area is 305 Å². The fourth-order valence-electron chi connectivity index (χ4n) is 5.66. The van der Waals surface area contributed by atoms with Crippen molar-refractivity contribution >= 4 is 45.0 Å². The fourth-order valence-corrected chi connectivity index (χ4v) is 6.57. The van der Waals surface area contributed by atoms with Crippen molar-refractivity contribution in [2.75, 3.05) is 18.9 Å². The third-order valence-corrected chi connectivity index (χ3v) is 9.39. The van der Waals surface area contributed by atoms with Crippen molar-refractivity contribution in [3.05, 3.63) is 155 Å². The number of hydrogen-bond acceptors (Lipinski definition) is 5. The van der Waals surface area contributed by atoms with E-state index in [2.05, 4.69) is 73.8 Å². The highest BCUT2D eigenvalue weighted by atomic mass is 32.1. The molecule has 0 aliphatic heterocycles. The molecule has 5 aromatic rings. The van der Waals surface area contributed by atoms with E-state index in [1.165, 1.54) is 22.6 Å². The van der Waals surface area contributed by atoms with E-state index in [0.29, 0.717) is 32.6 Å². The lowest BCUT2D eigenvalue weighted by atomic mass is 9.85. The predicted octanol–water partition coefficient (Wildman–Crippen LogP) is 9.84. The lowest BCUT2D eigenvalue weighted by molar-refractivity contribution is -0.131. The van der Waals surface area contributed by atoms with Crippen molar-refractivity contribution in [3.63, 3.8) is 0 Å². The van der Waals surface area contributed by atoms with Crippen LogP contribution in [0.4, 0.5) is 10.1 Å². The molecule has 0 saturated carbocycles. The maximum absolute atomic E-state index is 13.7. The van der Waals surface area contributed by atoms with Crippen LogP contribution in [-0.2, 0) is 10.2 Å². The van der Waals surface area contributed by atoms with Crippen LogP contribution in [0.3, 0.4) is 0 Å². The Hall–Kier alpha value is -5.67. The molecule has 0 aliphatic rings. The van der Waals surface area contributed by atoms with E-state index < -0.39 is 17.8 Å². The molecule has 0 unspecified atom stereocenters. The van der Waals surface area contributed by atoms with Gasteiger partial charge in [0.15, 0.2) is 5.01 Å². The summed E-state index contributed by atoms with van der Waals surface area (Å²) in [7, 11) is 1.59. The van der Waals surface area contributed by atoms with E-state index in [4.69, 9.17) is 0 Å². The molecule has 1 aromatic heterocycles. The lowest BCUT2D eigenvalue weighted by Gasteiger charge is -2.25. The lowest BCUT2D eigenvalue weighted by Crippen LogP contribution is -2.41. The van der Waals surface area contributed by atoms with Crippen LogP contribution >= 0.6 is 11.3 Å². The first kappa shape index (κ1) is 36.6. The minimum absolute atomic E-state index is 0. The van der Waals surface area contributed by atoms with Gasteiger partial charge in [0.2, 0.25) is 5.91 Å². The van der Waals surface area contributed by atoms with Gasteiger partial charge in [0.25, 0.3) is 11.8 Å². The summed E-state index contributed by atoms with van der Waals surface area (Å²) in [5, 5.41) is 6.04. The highest BCUT2D eigenvalue weighted by Gasteiger charge is 2.28. The molecule has 51 heavy (non-hydrogen) atoms. The van der Waals surface area contributed by atoms with Crippen LogP contribution in [-0.4, -0.2) is 41.2 Å². The Morgan fingerprint density at radius 2 is 1.65 bits per heavy atom. The van der Waals surface area contributed by atoms with Crippen LogP contribution in [0.2, 0.25) is 0 Å². The Bertz CT molecular complexity index is 2160. The summed E-state index contributed by atoms with van der Waals surface area (Å²) >= 11 is 1.16. The average molecular weight is 705 g/mol. The van der Waals surface area contributed by atoms with Crippen molar-refractivity contribution in [1.82, 2.24) is 15.2 Å². The molecule has 0 fully saturated rings. The van der Waals surface area contributed by atoms with E-state index in [-0.39, 0.29) is 31.6 Å². The number of thiazole rings is 1. The number of rotatable bonds is 11. The second-order valence-electron chi connectivity index (χ2n) is 13.4. The number of nitrogens with one attached hydrogen (secondary N) is 2. The zero-order valence-corrected chi connectivity index (χ0v) is 30.2. The number of aromatic nitrogens is 1. The van der Waals surface area contributed by atoms with E-state index in [0.717, 1.165) is 28.0 Å². The van der Waals surface area contributed by atoms with E-state index >= 15 is 0 Å². The summed E-state index contributed by atoms with van der Waals surface area (Å²) < 4.78 is 13.8. The second kappa shape index (κ2) is 15.5. The van der Waals surface area contributed by atoms with E-state index in [9.17, 15) is 18.8 Å². The summed E-state index contributed by atoms with van der Waals surface area (Å²) in [4.78, 5) is 46.8. The van der Waals surface area contributed by atoms with Gasteiger partial charge in [0.1, 0.15) is 11.9 Å². The van der Waals surface area contributed by atoms with Crippen LogP contribution in [0.15, 0.2) is 128 Å². The molecule has 5 rings (SSSR count). The van der Waals surface area contributed by atoms with Crippen LogP contribution in [0, 0.1) is 6.92 Å². The highest BCUT2D eigenvalue weighted by molar-refractivity contribution is 7.20. The molecule has 0 saturated heterocycles. The number of carbonyl (C=O) groups is 3. The molecule has 0 radical (unpaired) electrons. The number of likely N-dealkylation sites (N-methyl/N-ethyl adjacent to an activating group) is 1. The highest BCUT2D eigenvalue weighted by Crippen LogP contribution is 2.32. The number of hydrogen-bond donors (Lipinski definition) is 2. The Morgan fingerprint density at radius 3 is 2.31 bits per heavy atom. The van der Waals surface area contributed by atoms with Gasteiger partial charge in [-0.25, -0.2) is 9.37 Å². The third-order valence-electron chi connectivity index (χ3n) is 8.37. The molecule has 0 aliphatic carbocycles. The van der Waals surface area contributed by atoms with Crippen molar-refractivity contribution in [3.8, 4) is 11.1 Å². The van der Waals surface area contributed by atoms with Gasteiger partial charge in [-0.05, 0) is 76.1 Å². The van der Waals surface area contributed by atoms with Crippen LogP contribution in [0.1, 0.15) is 66.5 Å². The summed E-state index contributed by atoms with van der Waals surface area (Å²) in [6, 6.07) is 27.2. The van der Waals surface area contributed by atoms with E-state index in [1.807, 2.05) is 31.2 Å². The van der Waals surface area contributed by atoms with Gasteiger partial charge in [0.05, 0.1) is 10.2 Å². The molecule has 264 valence electrons. The Balaban J connectivity index is 0.00000378. The molecule has 0 spiro atoms. The zero-order valence-electron chi connectivity index (χ0n) is 29.4. The second-order valence-corrected chi connectivity index (χ2v) is 14.5. The van der Waals surface area contributed by atoms with Crippen molar-refractivity contribution < 1.29 is 21.6 Å². The number of allylic oxidation sites excluding steroid dienone is 2. The molecule has 3 amide bonds. The van der Waals surface area contributed by atoms with Gasteiger partial charge >= 0.3 is 0 Å². The smallest absolute Gasteiger partial charge is 0.281 e. The summed E-state index contributed by atoms with van der Waals surface area (Å²) in [6.07, 6.45) is 2.62. The molecule has 4 aromatic carbocycles. The maximum Gasteiger partial charge on any atom is 0.281 e. The molecule has 9 heteroatoms. The first-order valence-electron chi connectivity index (χ1n) is 16.4. The minimum Gasteiger partial charge on any atom is -0.339 e. The largest absolute Gasteiger partial charge is 0.339 e. The number of halogens is 1. The summed E-state index contributed by atoms with van der Waals surface area (Å²) in [5.41, 5.74) is 6.82. The number of fused-ring (bicyclic) bond motifs is 1. The normalized spacial score (nSPS) is 12.0. The van der Waals surface area contributed by atoms with Gasteiger partial charge < -0.3 is 15.5 Å². The number of nitrogens with zero attached hydrogens (tertiary/aromatic N) is 2. The number of anilines is 1. The Morgan fingerprint density at radius 1 is 0.941 bits per heavy atom. The zero-order chi connectivity index (χ0) is 36.9. The molecule has 0 bridgehead atoms. The quantitative estimate of drug-likeness (QED) is 0.134. The van der Waals surface area contributed by atoms with Gasteiger partial charge in [-0.15, -0.1) is 11.3 Å². The molecule has 2 N–H and O–H groups in total. The molecule has 1 atom stereocenters. The number of benzene rings is 4. The summed E-state index contributed by atoms with van der Waals surface area (Å²) in [6.45, 7) is 15.7. The predicted molar refractivity (Wildman–Crippen MR) is 210 cm³/mol. The maximum atomic E-state index is 13.7. The first-order valence-corrected chi connectivity index (χ1v) is 17.3. The monoisotopic (exact) mass is 704 g/mol. The standard InChI is InChI=1S/C42H41FN4O3S.2H2/c1-26(16-17-28(3)43)25-47(7)41(50)37(30-13-9-8-10-14-30)46-39(49)40-45-34-23-22-32(24-35(34)51-40)44-38(48)33-15-11-12-27(2)36(33)29-18-20-31(21-19-29)42(4,5)6;;/h8-24,37H,1,3,25H2,2,4-7H3,(H,44,48)(H,46,49);2*1H/b17-16-;;/t37-;;/m0../s1. The molecule has 7 nitrogen and oxygen atoms in total. The number of amides is 3. The fraction of sp³-hybridized carbons (Fsp3) is 0.190. The minimum atomic E-state index is -1.01. The average Bonchev–Trinajstić information content (AvgIpc) is 3.53. The van der Waals surface area contributed by atoms with Gasteiger partial charge in [-0.3, -0.25) is 14.4 Å². The third kappa shape index (κ3) is 8.93. The number of aryl methyl sites for hydroxylation is 1. The van der Waals surface area contributed by atoms with Crippen molar-refractivity contribution in [1.29, 1.82) is 0 Å². The van der Waals surface area contributed by atoms with Gasteiger partial charge in [-0.2, -0.15) is 0 Å². The van der Waals surface area contributed by atoms with Gasteiger partial charge in [-0.1, -0.05) is 107 Å². The van der Waals surface area contributed by atoms with Crippen molar-refractivity contribution in [2.45, 2.75) is 39.2 Å². The number of carbonyl (C=O) groups excluding carboxylic acids is 3. The molecular weight excluding hydrogens is 660 g/mol. The van der Waals surface area contributed by atoms with Crippen molar-refractivity contribution in [2.24, 2.45) is 0 Å². The molecular formula is C42H45FN4O3S. The topological polar surface area (TPSA) is 91.4 Å². The van der Waals surface area contributed by atoms with Crippen LogP contribution < -0.4 is 10.6 Å². The van der Waals surface area contributed by atoms with Gasteiger partial charge in [0, 0.05) is 27.7 Å². The van der Waals surface area contributed by atoms with Crippen LogP contribution in [0.5, 0.6) is 0 Å². The summed E-state index contributed by atoms with van der Waals surface area (Å²) in [5.74, 6) is -1.78. The van der Waals surface area contributed by atoms with Crippen LogP contribution in [0.25, 0.3) is 21.3 Å².